The normalized spacial score (nSPS) is 12.6. The molecule has 6 nitrogen and oxygen atoms in total. The maximum Gasteiger partial charge on any atom is 0.233 e. The first kappa shape index (κ1) is 15.8. The van der Waals surface area contributed by atoms with Crippen LogP contribution < -0.4 is 4.72 Å². The lowest BCUT2D eigenvalue weighted by molar-refractivity contribution is 0.477. The summed E-state index contributed by atoms with van der Waals surface area (Å²) in [5.41, 5.74) is -0.136. The molecule has 0 spiro atoms. The third-order valence-electron chi connectivity index (χ3n) is 2.21. The molecule has 2 N–H and O–H groups in total. The molecular weight excluding hydrogens is 290 g/mol. The van der Waals surface area contributed by atoms with E-state index in [2.05, 4.69) is 4.72 Å². The van der Waals surface area contributed by atoms with E-state index in [1.165, 1.54) is 6.07 Å². The quantitative estimate of drug-likeness (QED) is 0.796. The summed E-state index contributed by atoms with van der Waals surface area (Å²) in [4.78, 5) is -0.0625. The first-order valence-corrected chi connectivity index (χ1v) is 9.09. The maximum atomic E-state index is 11.8. The first-order chi connectivity index (χ1) is 8.51. The largest absolute Gasteiger partial charge is 0.506 e. The van der Waals surface area contributed by atoms with E-state index in [4.69, 9.17) is 0 Å². The van der Waals surface area contributed by atoms with Crippen molar-refractivity contribution in [3.05, 3.63) is 18.2 Å². The van der Waals surface area contributed by atoms with Crippen LogP contribution in [-0.4, -0.2) is 34.0 Å². The number of sulfone groups is 1. The Labute approximate surface area is 113 Å². The van der Waals surface area contributed by atoms with Gasteiger partial charge in [-0.15, -0.1) is 0 Å². The number of nitrogens with one attached hydrogen (secondary N) is 1. The molecule has 0 fully saturated rings. The molecule has 0 saturated carbocycles. The molecule has 0 aliphatic carbocycles. The minimum absolute atomic E-state index is 0.0625. The molecule has 1 rings (SSSR count). The molecule has 1 aromatic rings. The number of hydrogen-bond donors (Lipinski definition) is 2. The minimum atomic E-state index is -3.62. The van der Waals surface area contributed by atoms with E-state index in [0.717, 1.165) is 18.4 Å². The number of rotatable bonds is 5. The van der Waals surface area contributed by atoms with Crippen LogP contribution >= 0.6 is 0 Å². The van der Waals surface area contributed by atoms with Crippen LogP contribution in [0.5, 0.6) is 5.75 Å². The van der Waals surface area contributed by atoms with Gasteiger partial charge < -0.3 is 5.11 Å². The van der Waals surface area contributed by atoms with Crippen LogP contribution in [0, 0.1) is 5.92 Å². The van der Waals surface area contributed by atoms with E-state index in [-0.39, 0.29) is 28.0 Å². The molecule has 0 saturated heterocycles. The molecule has 0 bridgehead atoms. The second-order valence-electron chi connectivity index (χ2n) is 4.73. The lowest BCUT2D eigenvalue weighted by atomic mass is 10.3. The molecule has 108 valence electrons. The van der Waals surface area contributed by atoms with Crippen molar-refractivity contribution in [2.45, 2.75) is 18.7 Å². The number of anilines is 1. The van der Waals surface area contributed by atoms with Crippen molar-refractivity contribution < 1.29 is 21.9 Å². The fourth-order valence-corrected chi connectivity index (χ4v) is 3.58. The Morgan fingerprint density at radius 2 is 1.79 bits per heavy atom. The SMILES string of the molecule is CC(C)CS(=O)(=O)Nc1cc(S(C)(=O)=O)ccc1O. The van der Waals surface area contributed by atoms with Crippen LogP contribution in [-0.2, 0) is 19.9 Å². The van der Waals surface area contributed by atoms with Crippen molar-refractivity contribution in [3.8, 4) is 5.75 Å². The summed E-state index contributed by atoms with van der Waals surface area (Å²) in [6.07, 6.45) is 1.01. The van der Waals surface area contributed by atoms with Gasteiger partial charge in [0.25, 0.3) is 0 Å². The topological polar surface area (TPSA) is 101 Å². The predicted molar refractivity (Wildman–Crippen MR) is 73.5 cm³/mol. The van der Waals surface area contributed by atoms with Crippen LogP contribution in [0.3, 0.4) is 0 Å². The molecule has 0 heterocycles. The average Bonchev–Trinajstić information content (AvgIpc) is 2.17. The summed E-state index contributed by atoms with van der Waals surface area (Å²) in [5, 5.41) is 9.58. The zero-order valence-corrected chi connectivity index (χ0v) is 12.5. The summed E-state index contributed by atoms with van der Waals surface area (Å²) in [7, 11) is -7.09. The van der Waals surface area contributed by atoms with Gasteiger partial charge in [0.2, 0.25) is 10.0 Å². The summed E-state index contributed by atoms with van der Waals surface area (Å²) >= 11 is 0. The van der Waals surface area contributed by atoms with E-state index in [0.29, 0.717) is 0 Å². The maximum absolute atomic E-state index is 11.8. The molecule has 0 amide bonds. The Morgan fingerprint density at radius 1 is 1.21 bits per heavy atom. The van der Waals surface area contributed by atoms with Crippen molar-refractivity contribution in [1.29, 1.82) is 0 Å². The Balaban J connectivity index is 3.15. The highest BCUT2D eigenvalue weighted by Crippen LogP contribution is 2.27. The number of hydrogen-bond acceptors (Lipinski definition) is 5. The van der Waals surface area contributed by atoms with Gasteiger partial charge in [0, 0.05) is 6.26 Å². The van der Waals surface area contributed by atoms with Gasteiger partial charge >= 0.3 is 0 Å². The zero-order chi connectivity index (χ0) is 14.8. The van der Waals surface area contributed by atoms with Gasteiger partial charge in [-0.3, -0.25) is 4.72 Å². The van der Waals surface area contributed by atoms with Crippen LogP contribution in [0.25, 0.3) is 0 Å². The summed E-state index contributed by atoms with van der Waals surface area (Å²) in [5.74, 6) is -0.521. The molecule has 8 heteroatoms. The van der Waals surface area contributed by atoms with Gasteiger partial charge in [-0.25, -0.2) is 16.8 Å². The third kappa shape index (κ3) is 4.71. The zero-order valence-electron chi connectivity index (χ0n) is 10.9. The Hall–Kier alpha value is -1.28. The van der Waals surface area contributed by atoms with Crippen LogP contribution in [0.4, 0.5) is 5.69 Å². The molecule has 0 aromatic heterocycles. The molecular formula is C11H17NO5S2. The highest BCUT2D eigenvalue weighted by atomic mass is 32.2. The van der Waals surface area contributed by atoms with Gasteiger partial charge in [0.05, 0.1) is 16.3 Å². The van der Waals surface area contributed by atoms with E-state index in [9.17, 15) is 21.9 Å². The van der Waals surface area contributed by atoms with Gasteiger partial charge in [-0.1, -0.05) is 13.8 Å². The third-order valence-corrected chi connectivity index (χ3v) is 4.96. The van der Waals surface area contributed by atoms with Crippen molar-refractivity contribution in [1.82, 2.24) is 0 Å². The molecule has 0 atom stereocenters. The van der Waals surface area contributed by atoms with Crippen molar-refractivity contribution in [2.24, 2.45) is 5.92 Å². The lowest BCUT2D eigenvalue weighted by Crippen LogP contribution is -2.20. The predicted octanol–water partition coefficient (Wildman–Crippen LogP) is 1.19. The molecule has 0 unspecified atom stereocenters. The Kier molecular flexibility index (Phi) is 4.46. The van der Waals surface area contributed by atoms with E-state index >= 15 is 0 Å². The van der Waals surface area contributed by atoms with Gasteiger partial charge in [-0.2, -0.15) is 0 Å². The van der Waals surface area contributed by atoms with Crippen LogP contribution in [0.15, 0.2) is 23.1 Å². The number of sulfonamides is 1. The monoisotopic (exact) mass is 307 g/mol. The van der Waals surface area contributed by atoms with E-state index < -0.39 is 19.9 Å². The van der Waals surface area contributed by atoms with Crippen molar-refractivity contribution in [2.75, 3.05) is 16.7 Å². The summed E-state index contributed by atoms with van der Waals surface area (Å²) in [6.45, 7) is 3.48. The average molecular weight is 307 g/mol. The Morgan fingerprint density at radius 3 is 2.26 bits per heavy atom. The van der Waals surface area contributed by atoms with Crippen molar-refractivity contribution >= 4 is 25.5 Å². The molecule has 1 aromatic carbocycles. The van der Waals surface area contributed by atoms with Gasteiger partial charge in [-0.05, 0) is 24.1 Å². The van der Waals surface area contributed by atoms with E-state index in [1.807, 2.05) is 0 Å². The number of phenols is 1. The Bertz CT molecular complexity index is 662. The molecule has 0 radical (unpaired) electrons. The van der Waals surface area contributed by atoms with Gasteiger partial charge in [0.1, 0.15) is 5.75 Å². The highest BCUT2D eigenvalue weighted by molar-refractivity contribution is 7.92. The second-order valence-corrected chi connectivity index (χ2v) is 8.51. The highest BCUT2D eigenvalue weighted by Gasteiger charge is 2.17. The summed E-state index contributed by atoms with van der Waals surface area (Å²) in [6, 6.07) is 3.46. The number of aromatic hydroxyl groups is 1. The summed E-state index contributed by atoms with van der Waals surface area (Å²) < 4.78 is 48.5. The van der Waals surface area contributed by atoms with Crippen LogP contribution in [0.1, 0.15) is 13.8 Å². The second kappa shape index (κ2) is 5.38. The molecule has 0 aliphatic heterocycles. The van der Waals surface area contributed by atoms with Crippen LogP contribution in [0.2, 0.25) is 0 Å². The molecule has 19 heavy (non-hydrogen) atoms. The fraction of sp³-hybridized carbons (Fsp3) is 0.455. The van der Waals surface area contributed by atoms with Gasteiger partial charge in [0.15, 0.2) is 9.84 Å². The van der Waals surface area contributed by atoms with Crippen molar-refractivity contribution in [3.63, 3.8) is 0 Å². The fourth-order valence-electron chi connectivity index (χ4n) is 1.48. The lowest BCUT2D eigenvalue weighted by Gasteiger charge is -2.12. The van der Waals surface area contributed by atoms with E-state index in [1.54, 1.807) is 13.8 Å². The standard InChI is InChI=1S/C11H17NO5S2/c1-8(2)7-19(16,17)12-10-6-9(18(3,14)15)4-5-11(10)13/h4-6,8,12-13H,7H2,1-3H3. The first-order valence-electron chi connectivity index (χ1n) is 5.55. The smallest absolute Gasteiger partial charge is 0.233 e. The number of phenolic OH excluding ortho intramolecular Hbond substituents is 1. The molecule has 0 aliphatic rings. The number of benzene rings is 1. The minimum Gasteiger partial charge on any atom is -0.506 e.